The van der Waals surface area contributed by atoms with Crippen molar-refractivity contribution in [2.75, 3.05) is 19.8 Å². The van der Waals surface area contributed by atoms with Crippen LogP contribution in [-0.2, 0) is 25.6 Å². The molecule has 1 heterocycles. The monoisotopic (exact) mass is 263 g/mol. The summed E-state index contributed by atoms with van der Waals surface area (Å²) in [6.07, 6.45) is 0. The quantitative estimate of drug-likeness (QED) is 0.760. The minimum absolute atomic E-state index is 0.0166. The molecule has 19 heavy (non-hydrogen) atoms. The highest BCUT2D eigenvalue weighted by molar-refractivity contribution is 5.86. The summed E-state index contributed by atoms with van der Waals surface area (Å²) in [5.41, 5.74) is 0.979. The van der Waals surface area contributed by atoms with E-state index in [4.69, 9.17) is 9.47 Å². The highest BCUT2D eigenvalue weighted by atomic mass is 16.5. The van der Waals surface area contributed by atoms with Crippen molar-refractivity contribution < 1.29 is 19.1 Å². The van der Waals surface area contributed by atoms with Crippen LogP contribution in [0, 0.1) is 0 Å². The minimum atomic E-state index is -0.651. The molecule has 5 heteroatoms. The van der Waals surface area contributed by atoms with Crippen LogP contribution in [0.1, 0.15) is 12.5 Å². The number of rotatable bonds is 4. The van der Waals surface area contributed by atoms with Gasteiger partial charge in [-0.05, 0) is 12.5 Å². The summed E-state index contributed by atoms with van der Waals surface area (Å²) in [6, 6.07) is 8.91. The maximum absolute atomic E-state index is 11.9. The van der Waals surface area contributed by atoms with Crippen LogP contribution in [0.3, 0.4) is 0 Å². The van der Waals surface area contributed by atoms with Gasteiger partial charge in [-0.1, -0.05) is 30.3 Å². The molecule has 1 aromatic rings. The van der Waals surface area contributed by atoms with Gasteiger partial charge >= 0.3 is 5.97 Å². The number of carbonyl (C=O) groups is 2. The van der Waals surface area contributed by atoms with Gasteiger partial charge in [0.2, 0.25) is 5.91 Å². The van der Waals surface area contributed by atoms with Crippen molar-refractivity contribution in [3.63, 3.8) is 0 Å². The zero-order chi connectivity index (χ0) is 13.7. The van der Waals surface area contributed by atoms with Crippen molar-refractivity contribution in [3.05, 3.63) is 35.9 Å². The van der Waals surface area contributed by atoms with Gasteiger partial charge in [0.25, 0.3) is 0 Å². The molecule has 102 valence electrons. The van der Waals surface area contributed by atoms with Gasteiger partial charge in [-0.3, -0.25) is 4.79 Å². The van der Waals surface area contributed by atoms with Crippen molar-refractivity contribution in [2.24, 2.45) is 0 Å². The van der Waals surface area contributed by atoms with Crippen LogP contribution < -0.4 is 0 Å². The lowest BCUT2D eigenvalue weighted by Gasteiger charge is -2.33. The Morgan fingerprint density at radius 2 is 2.16 bits per heavy atom. The number of benzene rings is 1. The average molecular weight is 263 g/mol. The number of nitrogens with zero attached hydrogens (tertiary/aromatic N) is 1. The third kappa shape index (κ3) is 3.32. The highest BCUT2D eigenvalue weighted by Gasteiger charge is 2.34. The molecule has 1 amide bonds. The van der Waals surface area contributed by atoms with E-state index >= 15 is 0 Å². The van der Waals surface area contributed by atoms with Gasteiger partial charge in [-0.2, -0.15) is 0 Å². The molecule has 1 saturated heterocycles. The van der Waals surface area contributed by atoms with E-state index in [1.807, 2.05) is 30.3 Å². The molecule has 1 fully saturated rings. The molecule has 0 spiro atoms. The fraction of sp³-hybridized carbons (Fsp3) is 0.429. The van der Waals surface area contributed by atoms with Gasteiger partial charge in [-0.25, -0.2) is 4.79 Å². The van der Waals surface area contributed by atoms with Gasteiger partial charge < -0.3 is 14.4 Å². The molecule has 1 atom stereocenters. The fourth-order valence-corrected chi connectivity index (χ4v) is 2.02. The molecule has 0 N–H and O–H groups in total. The average Bonchev–Trinajstić information content (AvgIpc) is 2.42. The molecule has 0 saturated carbocycles. The number of morpholine rings is 1. The lowest BCUT2D eigenvalue weighted by atomic mass is 10.1. The molecule has 0 bridgehead atoms. The lowest BCUT2D eigenvalue weighted by Crippen LogP contribution is -2.53. The van der Waals surface area contributed by atoms with Crippen LogP contribution >= 0.6 is 0 Å². The smallest absolute Gasteiger partial charge is 0.331 e. The van der Waals surface area contributed by atoms with Crippen molar-refractivity contribution >= 4 is 11.9 Å². The van der Waals surface area contributed by atoms with E-state index in [1.165, 1.54) is 4.90 Å². The molecule has 0 aromatic heterocycles. The fourth-order valence-electron chi connectivity index (χ4n) is 2.02. The molecule has 2 rings (SSSR count). The summed E-state index contributed by atoms with van der Waals surface area (Å²) in [4.78, 5) is 25.3. The maximum atomic E-state index is 11.9. The second-order valence-corrected chi connectivity index (χ2v) is 4.29. The lowest BCUT2D eigenvalue weighted by molar-refractivity contribution is -0.167. The third-order valence-electron chi connectivity index (χ3n) is 2.95. The number of hydrogen-bond donors (Lipinski definition) is 0. The molecule has 5 nitrogen and oxygen atoms in total. The molecular formula is C14H17NO4. The van der Waals surface area contributed by atoms with Crippen LogP contribution in [-0.4, -0.2) is 42.6 Å². The standard InChI is InChI=1S/C14H17NO4/c1-2-19-14(17)12-9-18-10-13(16)15(12)8-11-6-4-3-5-7-11/h3-7,12H,2,8-10H2,1H3/t12-/m1/s1. The van der Waals surface area contributed by atoms with Gasteiger partial charge in [0, 0.05) is 6.54 Å². The summed E-state index contributed by atoms with van der Waals surface area (Å²) in [7, 11) is 0. The van der Waals surface area contributed by atoms with E-state index in [1.54, 1.807) is 6.92 Å². The number of ether oxygens (including phenoxy) is 2. The Morgan fingerprint density at radius 3 is 2.84 bits per heavy atom. The largest absolute Gasteiger partial charge is 0.464 e. The minimum Gasteiger partial charge on any atom is -0.464 e. The number of esters is 1. The van der Waals surface area contributed by atoms with Crippen LogP contribution in [0.4, 0.5) is 0 Å². The van der Waals surface area contributed by atoms with Crippen LogP contribution in [0.5, 0.6) is 0 Å². The van der Waals surface area contributed by atoms with Crippen molar-refractivity contribution in [1.82, 2.24) is 4.90 Å². The van der Waals surface area contributed by atoms with E-state index in [0.29, 0.717) is 13.2 Å². The molecular weight excluding hydrogens is 246 g/mol. The number of hydrogen-bond acceptors (Lipinski definition) is 4. The molecule has 1 aliphatic rings. The summed E-state index contributed by atoms with van der Waals surface area (Å²) >= 11 is 0. The van der Waals surface area contributed by atoms with Crippen LogP contribution in [0.2, 0.25) is 0 Å². The molecule has 1 aliphatic heterocycles. The summed E-state index contributed by atoms with van der Waals surface area (Å²) < 4.78 is 10.1. The van der Waals surface area contributed by atoms with Gasteiger partial charge in [-0.15, -0.1) is 0 Å². The first-order valence-electron chi connectivity index (χ1n) is 6.30. The van der Waals surface area contributed by atoms with E-state index in [9.17, 15) is 9.59 Å². The summed E-state index contributed by atoms with van der Waals surface area (Å²) in [5.74, 6) is -0.598. The third-order valence-corrected chi connectivity index (χ3v) is 2.95. The van der Waals surface area contributed by atoms with E-state index in [0.717, 1.165) is 5.56 Å². The van der Waals surface area contributed by atoms with Gasteiger partial charge in [0.15, 0.2) is 6.04 Å². The number of amides is 1. The predicted octanol–water partition coefficient (Wildman–Crippen LogP) is 0.977. The molecule has 0 radical (unpaired) electrons. The first-order valence-corrected chi connectivity index (χ1v) is 6.30. The first-order chi connectivity index (χ1) is 9.22. The normalized spacial score (nSPS) is 19.3. The number of carbonyl (C=O) groups excluding carboxylic acids is 2. The second kappa shape index (κ2) is 6.33. The van der Waals surface area contributed by atoms with Gasteiger partial charge in [0.05, 0.1) is 13.2 Å². The second-order valence-electron chi connectivity index (χ2n) is 4.29. The van der Waals surface area contributed by atoms with E-state index in [-0.39, 0.29) is 19.1 Å². The summed E-state index contributed by atoms with van der Waals surface area (Å²) in [5, 5.41) is 0. The van der Waals surface area contributed by atoms with Crippen molar-refractivity contribution in [1.29, 1.82) is 0 Å². The zero-order valence-corrected chi connectivity index (χ0v) is 10.9. The van der Waals surface area contributed by atoms with Crippen molar-refractivity contribution in [2.45, 2.75) is 19.5 Å². The Morgan fingerprint density at radius 1 is 1.42 bits per heavy atom. The van der Waals surface area contributed by atoms with Crippen LogP contribution in [0.25, 0.3) is 0 Å². The van der Waals surface area contributed by atoms with Crippen LogP contribution in [0.15, 0.2) is 30.3 Å². The maximum Gasteiger partial charge on any atom is 0.331 e. The Hall–Kier alpha value is -1.88. The Kier molecular flexibility index (Phi) is 4.52. The van der Waals surface area contributed by atoms with E-state index in [2.05, 4.69) is 0 Å². The Labute approximate surface area is 112 Å². The predicted molar refractivity (Wildman–Crippen MR) is 68.2 cm³/mol. The zero-order valence-electron chi connectivity index (χ0n) is 10.9. The Balaban J connectivity index is 2.12. The van der Waals surface area contributed by atoms with E-state index < -0.39 is 12.0 Å². The summed E-state index contributed by atoms with van der Waals surface area (Å²) in [6.45, 7) is 2.64. The molecule has 0 unspecified atom stereocenters. The first kappa shape index (κ1) is 13.5. The topological polar surface area (TPSA) is 55.8 Å². The Bertz CT molecular complexity index is 446. The molecule has 0 aliphatic carbocycles. The van der Waals surface area contributed by atoms with Gasteiger partial charge in [0.1, 0.15) is 6.61 Å². The highest BCUT2D eigenvalue weighted by Crippen LogP contribution is 2.14. The molecule has 1 aromatic carbocycles. The SMILES string of the molecule is CCOC(=O)[C@H]1COCC(=O)N1Cc1ccccc1. The van der Waals surface area contributed by atoms with Crippen molar-refractivity contribution in [3.8, 4) is 0 Å².